The van der Waals surface area contributed by atoms with Crippen molar-refractivity contribution in [2.45, 2.75) is 12.8 Å². The van der Waals surface area contributed by atoms with Crippen LogP contribution in [0.2, 0.25) is 5.02 Å². The molecular formula is C17H18ClN3O3. The van der Waals surface area contributed by atoms with Crippen molar-refractivity contribution in [3.05, 3.63) is 41.0 Å². The lowest BCUT2D eigenvalue weighted by Crippen LogP contribution is -2.40. The zero-order valence-corrected chi connectivity index (χ0v) is 14.0. The third kappa shape index (κ3) is 3.43. The van der Waals surface area contributed by atoms with Gasteiger partial charge in [-0.3, -0.25) is 14.7 Å². The van der Waals surface area contributed by atoms with Crippen LogP contribution in [-0.2, 0) is 9.53 Å². The number of ether oxygens (including phenoxy) is 1. The predicted molar refractivity (Wildman–Crippen MR) is 89.7 cm³/mol. The van der Waals surface area contributed by atoms with E-state index < -0.39 is 0 Å². The van der Waals surface area contributed by atoms with Crippen molar-refractivity contribution in [1.82, 2.24) is 15.1 Å². The van der Waals surface area contributed by atoms with Crippen molar-refractivity contribution in [1.29, 1.82) is 0 Å². The average molecular weight is 348 g/mol. The number of methoxy groups -OCH3 is 1. The first-order valence-electron chi connectivity index (χ1n) is 7.77. The zero-order chi connectivity index (χ0) is 17.1. The Morgan fingerprint density at radius 1 is 1.25 bits per heavy atom. The standard InChI is InChI=1S/C17H18ClN3O3/c1-24-17(23)12-6-8-21(9-7-12)16(22)15-10-14(19-20-15)11-2-4-13(18)5-3-11/h2-5,10,12H,6-9H2,1H3,(H,19,20). The van der Waals surface area contributed by atoms with Crippen molar-refractivity contribution >= 4 is 23.5 Å². The molecule has 3 rings (SSSR count). The van der Waals surface area contributed by atoms with E-state index in [9.17, 15) is 9.59 Å². The van der Waals surface area contributed by atoms with E-state index in [2.05, 4.69) is 10.2 Å². The molecule has 0 saturated carbocycles. The van der Waals surface area contributed by atoms with Crippen LogP contribution in [0.4, 0.5) is 0 Å². The van der Waals surface area contributed by atoms with Crippen molar-refractivity contribution in [3.8, 4) is 11.3 Å². The molecule has 2 heterocycles. The molecule has 0 unspecified atom stereocenters. The number of hydrogen-bond acceptors (Lipinski definition) is 4. The highest BCUT2D eigenvalue weighted by Crippen LogP contribution is 2.23. The normalized spacial score (nSPS) is 15.3. The molecule has 1 aliphatic rings. The van der Waals surface area contributed by atoms with E-state index in [1.807, 2.05) is 12.1 Å². The SMILES string of the molecule is COC(=O)C1CCN(C(=O)c2cc(-c3ccc(Cl)cc3)n[nH]2)CC1. The molecule has 1 fully saturated rings. The smallest absolute Gasteiger partial charge is 0.308 e. The summed E-state index contributed by atoms with van der Waals surface area (Å²) in [5.41, 5.74) is 2.02. The number of hydrogen-bond donors (Lipinski definition) is 1. The van der Waals surface area contributed by atoms with Crippen LogP contribution in [0.3, 0.4) is 0 Å². The van der Waals surface area contributed by atoms with Gasteiger partial charge in [0.15, 0.2) is 0 Å². The number of nitrogens with zero attached hydrogens (tertiary/aromatic N) is 2. The lowest BCUT2D eigenvalue weighted by atomic mass is 9.97. The number of rotatable bonds is 3. The minimum absolute atomic E-state index is 0.106. The second kappa shape index (κ2) is 7.05. The highest BCUT2D eigenvalue weighted by Gasteiger charge is 2.29. The molecule has 0 bridgehead atoms. The molecule has 126 valence electrons. The number of H-pyrrole nitrogens is 1. The number of aromatic amines is 1. The number of aromatic nitrogens is 2. The maximum Gasteiger partial charge on any atom is 0.308 e. The number of likely N-dealkylation sites (tertiary alicyclic amines) is 1. The molecule has 1 aromatic heterocycles. The fraction of sp³-hybridized carbons (Fsp3) is 0.353. The van der Waals surface area contributed by atoms with Gasteiger partial charge in [-0.05, 0) is 31.0 Å². The Balaban J connectivity index is 1.66. The Hall–Kier alpha value is -2.34. The number of amides is 1. The maximum atomic E-state index is 12.6. The van der Waals surface area contributed by atoms with E-state index in [1.54, 1.807) is 23.1 Å². The first-order chi connectivity index (χ1) is 11.6. The number of carbonyl (C=O) groups excluding carboxylic acids is 2. The number of nitrogens with one attached hydrogen (secondary N) is 1. The molecule has 1 saturated heterocycles. The summed E-state index contributed by atoms with van der Waals surface area (Å²) in [6.45, 7) is 1.07. The van der Waals surface area contributed by atoms with Crippen molar-refractivity contribution in [2.75, 3.05) is 20.2 Å². The van der Waals surface area contributed by atoms with E-state index in [4.69, 9.17) is 16.3 Å². The topological polar surface area (TPSA) is 75.3 Å². The average Bonchev–Trinajstić information content (AvgIpc) is 3.11. The van der Waals surface area contributed by atoms with Gasteiger partial charge in [-0.1, -0.05) is 23.7 Å². The maximum absolute atomic E-state index is 12.6. The molecule has 0 spiro atoms. The van der Waals surface area contributed by atoms with Gasteiger partial charge in [-0.2, -0.15) is 5.10 Å². The molecule has 0 atom stereocenters. The van der Waals surface area contributed by atoms with Crippen LogP contribution in [-0.4, -0.2) is 47.2 Å². The second-order valence-corrected chi connectivity index (χ2v) is 6.20. The van der Waals surface area contributed by atoms with E-state index in [0.717, 1.165) is 5.56 Å². The van der Waals surface area contributed by atoms with E-state index in [1.165, 1.54) is 7.11 Å². The summed E-state index contributed by atoms with van der Waals surface area (Å²) in [6.07, 6.45) is 1.24. The van der Waals surface area contributed by atoms with Gasteiger partial charge in [-0.25, -0.2) is 0 Å². The van der Waals surface area contributed by atoms with Crippen molar-refractivity contribution in [3.63, 3.8) is 0 Å². The van der Waals surface area contributed by atoms with Gasteiger partial charge < -0.3 is 9.64 Å². The zero-order valence-electron chi connectivity index (χ0n) is 13.3. The molecule has 2 aromatic rings. The van der Waals surface area contributed by atoms with Crippen LogP contribution in [0.1, 0.15) is 23.3 Å². The number of benzene rings is 1. The third-order valence-corrected chi connectivity index (χ3v) is 4.52. The van der Waals surface area contributed by atoms with E-state index in [-0.39, 0.29) is 17.8 Å². The van der Waals surface area contributed by atoms with Gasteiger partial charge in [0.25, 0.3) is 5.91 Å². The largest absolute Gasteiger partial charge is 0.469 e. The highest BCUT2D eigenvalue weighted by molar-refractivity contribution is 6.30. The molecule has 1 amide bonds. The van der Waals surface area contributed by atoms with Gasteiger partial charge in [-0.15, -0.1) is 0 Å². The minimum atomic E-state index is -0.200. The molecule has 0 radical (unpaired) electrons. The van der Waals surface area contributed by atoms with Gasteiger partial charge in [0.2, 0.25) is 0 Å². The lowest BCUT2D eigenvalue weighted by molar-refractivity contribution is -0.146. The van der Waals surface area contributed by atoms with Gasteiger partial charge >= 0.3 is 5.97 Å². The molecule has 7 heteroatoms. The van der Waals surface area contributed by atoms with Crippen LogP contribution >= 0.6 is 11.6 Å². The number of carbonyl (C=O) groups is 2. The Labute approximate surface area is 144 Å². The second-order valence-electron chi connectivity index (χ2n) is 5.76. The summed E-state index contributed by atoms with van der Waals surface area (Å²) in [6, 6.07) is 9.01. The molecular weight excluding hydrogens is 330 g/mol. The summed E-state index contributed by atoms with van der Waals surface area (Å²) in [5, 5.41) is 7.65. The Bertz CT molecular complexity index is 734. The fourth-order valence-electron chi connectivity index (χ4n) is 2.86. The van der Waals surface area contributed by atoms with Gasteiger partial charge in [0, 0.05) is 23.7 Å². The monoisotopic (exact) mass is 347 g/mol. The Morgan fingerprint density at radius 3 is 2.54 bits per heavy atom. The molecule has 6 nitrogen and oxygen atoms in total. The summed E-state index contributed by atoms with van der Waals surface area (Å²) in [4.78, 5) is 25.8. The summed E-state index contributed by atoms with van der Waals surface area (Å²) >= 11 is 5.88. The summed E-state index contributed by atoms with van der Waals surface area (Å²) < 4.78 is 4.76. The first kappa shape index (κ1) is 16.5. The van der Waals surface area contributed by atoms with E-state index >= 15 is 0 Å². The Kier molecular flexibility index (Phi) is 4.85. The minimum Gasteiger partial charge on any atom is -0.469 e. The highest BCUT2D eigenvalue weighted by atomic mass is 35.5. The summed E-state index contributed by atoms with van der Waals surface area (Å²) in [7, 11) is 1.39. The van der Waals surface area contributed by atoms with Crippen LogP contribution in [0.25, 0.3) is 11.3 Å². The Morgan fingerprint density at radius 2 is 1.92 bits per heavy atom. The third-order valence-electron chi connectivity index (χ3n) is 4.26. The molecule has 1 aliphatic heterocycles. The molecule has 0 aliphatic carbocycles. The number of esters is 1. The molecule has 1 N–H and O–H groups in total. The fourth-order valence-corrected chi connectivity index (χ4v) is 2.98. The summed E-state index contributed by atoms with van der Waals surface area (Å²) in [5.74, 6) is -0.426. The van der Waals surface area contributed by atoms with E-state index in [0.29, 0.717) is 42.3 Å². The quantitative estimate of drug-likeness (QED) is 0.866. The number of piperidine rings is 1. The molecule has 1 aromatic carbocycles. The predicted octanol–water partition coefficient (Wildman–Crippen LogP) is 2.76. The van der Waals surface area contributed by atoms with Crippen LogP contribution in [0.5, 0.6) is 0 Å². The van der Waals surface area contributed by atoms with Gasteiger partial charge in [0.05, 0.1) is 18.7 Å². The van der Waals surface area contributed by atoms with Crippen LogP contribution in [0.15, 0.2) is 30.3 Å². The first-order valence-corrected chi connectivity index (χ1v) is 8.14. The van der Waals surface area contributed by atoms with Crippen molar-refractivity contribution in [2.24, 2.45) is 5.92 Å². The molecule has 24 heavy (non-hydrogen) atoms. The van der Waals surface area contributed by atoms with Crippen LogP contribution in [0, 0.1) is 5.92 Å². The van der Waals surface area contributed by atoms with Crippen LogP contribution < -0.4 is 0 Å². The van der Waals surface area contributed by atoms with Gasteiger partial charge in [0.1, 0.15) is 5.69 Å². The number of halogens is 1. The van der Waals surface area contributed by atoms with Crippen molar-refractivity contribution < 1.29 is 14.3 Å². The lowest BCUT2D eigenvalue weighted by Gasteiger charge is -2.30.